The fourth-order valence-electron chi connectivity index (χ4n) is 5.35. The molecule has 6 aromatic carbocycles. The van der Waals surface area contributed by atoms with E-state index >= 15 is 0 Å². The summed E-state index contributed by atoms with van der Waals surface area (Å²) in [5.41, 5.74) is 24.5. The number of nitrogens with two attached hydrogens (primary N) is 3. The zero-order chi connectivity index (χ0) is 76.8. The van der Waals surface area contributed by atoms with Gasteiger partial charge < -0.3 is 51.0 Å². The van der Waals surface area contributed by atoms with Gasteiger partial charge in [-0.05, 0) is 79.2 Å². The minimum atomic E-state index is 0.146. The summed E-state index contributed by atoms with van der Waals surface area (Å²) in [4.78, 5) is 41.6. The molecule has 8 N–H and O–H groups in total. The van der Waals surface area contributed by atoms with Crippen LogP contribution in [0.25, 0.3) is 32.3 Å². The van der Waals surface area contributed by atoms with Crippen LogP contribution in [0, 0.1) is 0 Å². The molecule has 0 radical (unpaired) electrons. The fourth-order valence-corrected chi connectivity index (χ4v) is 6.42. The van der Waals surface area contributed by atoms with Crippen LogP contribution in [0.15, 0.2) is 155 Å². The van der Waals surface area contributed by atoms with Crippen molar-refractivity contribution in [1.82, 2.24) is 19.5 Å². The number of nitrogens with zero attached hydrogens (tertiary/aromatic N) is 4. The van der Waals surface area contributed by atoms with Gasteiger partial charge in [0.25, 0.3) is 0 Å². The van der Waals surface area contributed by atoms with Gasteiger partial charge in [-0.15, -0.1) is 24.0 Å². The number of aldehydes is 3. The lowest BCUT2D eigenvalue weighted by Crippen LogP contribution is -1.94. The monoisotopic (exact) mass is 1360 g/mol. The lowest BCUT2D eigenvalue weighted by atomic mass is 10.3. The first-order valence-electron chi connectivity index (χ1n) is 35.3. The minimum Gasteiger partial charge on any atom is -0.506 e. The molecule has 15 heteroatoms. The zero-order valence-electron chi connectivity index (χ0n) is 66.3. The van der Waals surface area contributed by atoms with Crippen molar-refractivity contribution in [2.24, 2.45) is 7.05 Å². The average molecular weight is 1360 g/mol. The highest BCUT2D eigenvalue weighted by molar-refractivity contribution is 7.80. The average Bonchev–Trinajstić information content (AvgIpc) is 1.70. The summed E-state index contributed by atoms with van der Waals surface area (Å²) in [5.74, 6) is 2.11. The van der Waals surface area contributed by atoms with Gasteiger partial charge in [0.15, 0.2) is 11.5 Å². The molecule has 9 aromatic rings. The maximum atomic E-state index is 9.17. The van der Waals surface area contributed by atoms with Crippen molar-refractivity contribution in [3.8, 4) is 5.75 Å². The first kappa shape index (κ1) is 115. The molecule has 3 aromatic heterocycles. The molecule has 9 rings (SSSR count). The molecule has 0 bridgehead atoms. The van der Waals surface area contributed by atoms with E-state index in [1.165, 1.54) is 15.2 Å². The second kappa shape index (κ2) is 100. The third-order valence-corrected chi connectivity index (χ3v) is 10.7. The number of nitrogens with one attached hydrogen (secondary N) is 1. The van der Waals surface area contributed by atoms with E-state index in [0.717, 1.165) is 93.9 Å². The van der Waals surface area contributed by atoms with Gasteiger partial charge in [-0.2, -0.15) is 0 Å². The molecule has 3 heterocycles. The van der Waals surface area contributed by atoms with Crippen molar-refractivity contribution in [3.63, 3.8) is 0 Å². The molecule has 0 aliphatic rings. The van der Waals surface area contributed by atoms with Gasteiger partial charge in [-0.3, -0.25) is 0 Å². The molecule has 0 saturated carbocycles. The number of aromatic nitrogens is 4. The van der Waals surface area contributed by atoms with E-state index in [9.17, 15) is 14.4 Å². The number of benzene rings is 6. The van der Waals surface area contributed by atoms with E-state index in [-0.39, 0.29) is 5.75 Å². The Morgan fingerprint density at radius 1 is 0.453 bits per heavy atom. The Bertz CT molecular complexity index is 2610. The van der Waals surface area contributed by atoms with E-state index in [1.54, 1.807) is 35.6 Å². The summed E-state index contributed by atoms with van der Waals surface area (Å²) in [6, 6.07) is 46.1. The number of hydrogen-bond acceptors (Lipinski definition) is 14. The van der Waals surface area contributed by atoms with Crippen LogP contribution in [0.1, 0.15) is 244 Å². The lowest BCUT2D eigenvalue weighted by Gasteiger charge is -2.01. The molecule has 0 fully saturated rings. The normalized spacial score (nSPS) is 7.76. The van der Waals surface area contributed by atoms with Crippen LogP contribution in [0.2, 0.25) is 0 Å². The molecule has 0 aliphatic heterocycles. The molecule has 546 valence electrons. The molecular formula is C80H144N8O5S2. The van der Waals surface area contributed by atoms with Crippen LogP contribution in [0.3, 0.4) is 0 Å². The molecule has 0 unspecified atom stereocenters. The van der Waals surface area contributed by atoms with Gasteiger partial charge in [0.2, 0.25) is 0 Å². The van der Waals surface area contributed by atoms with Gasteiger partial charge in [0.05, 0.1) is 43.3 Å². The number of para-hydroxylation sites is 10. The topological polar surface area (TPSA) is 218 Å². The number of thiol groups is 1. The summed E-state index contributed by atoms with van der Waals surface area (Å²) in [5, 5.41) is 13.0. The van der Waals surface area contributed by atoms with E-state index in [2.05, 4.69) is 88.7 Å². The Morgan fingerprint density at radius 3 is 1.14 bits per heavy atom. The highest BCUT2D eigenvalue weighted by Crippen LogP contribution is 2.22. The van der Waals surface area contributed by atoms with Gasteiger partial charge in [-0.1, -0.05) is 281 Å². The summed E-state index contributed by atoms with van der Waals surface area (Å²) in [6.07, 6.45) is 7.43. The Morgan fingerprint density at radius 2 is 0.821 bits per heavy atom. The van der Waals surface area contributed by atoms with Crippen LogP contribution >= 0.6 is 24.0 Å². The van der Waals surface area contributed by atoms with E-state index < -0.39 is 0 Å². The maximum Gasteiger partial charge on any atom is 0.195 e. The number of hydrogen-bond donors (Lipinski definition) is 6. The van der Waals surface area contributed by atoms with Gasteiger partial charge in [-0.25, -0.2) is 15.0 Å². The standard InChI is InChI=1S/C10H12N2.C9H9NO.C9H9NS.C7H10N2.C6H7NO.C6H7NS.3C3H6O.12C2H6/c1-3-10-11-8-6-4-5-7-9(8)12(10)2;2*1-2-9-10-7-5-3-4-6-8(7)11-9;1-9-7-5-3-2-4-6(7)8;2*7-5-3-1-2-4-6(5)8;3*1-2-3-4;12*1-2/h4-7H,3H2,1-2H3;2*3-6H,2H2,1H3;2-5,9H,8H2,1H3;2*1-4,8H,7H2;3*3H,2H2,1H3;12*1-2H3. The van der Waals surface area contributed by atoms with E-state index in [1.807, 2.05) is 292 Å². The van der Waals surface area contributed by atoms with Gasteiger partial charge in [0.1, 0.15) is 35.9 Å². The number of carbonyl (C=O) groups excluding carboxylic acids is 3. The first-order chi connectivity index (χ1) is 46.3. The zero-order valence-corrected chi connectivity index (χ0v) is 68.0. The number of aromatic hydroxyl groups is 1. The number of rotatable bonds is 7. The van der Waals surface area contributed by atoms with E-state index in [4.69, 9.17) is 26.7 Å². The molecule has 0 spiro atoms. The lowest BCUT2D eigenvalue weighted by molar-refractivity contribution is -0.108. The Balaban J connectivity index is -0.0000000796. The Labute approximate surface area is 593 Å². The van der Waals surface area contributed by atoms with Crippen LogP contribution in [0.5, 0.6) is 5.75 Å². The highest BCUT2D eigenvalue weighted by atomic mass is 32.1. The number of thiazole rings is 1. The van der Waals surface area contributed by atoms with Crippen molar-refractivity contribution >= 4 is 97.9 Å². The Hall–Kier alpha value is -7.49. The van der Waals surface area contributed by atoms with Crippen molar-refractivity contribution in [2.45, 2.75) is 251 Å². The van der Waals surface area contributed by atoms with Crippen molar-refractivity contribution in [1.29, 1.82) is 0 Å². The predicted molar refractivity (Wildman–Crippen MR) is 439 cm³/mol. The molecule has 95 heavy (non-hydrogen) atoms. The number of imidazole rings is 1. The van der Waals surface area contributed by atoms with E-state index in [0.29, 0.717) is 24.9 Å². The molecule has 0 aliphatic carbocycles. The molecule has 0 atom stereocenters. The van der Waals surface area contributed by atoms with Crippen molar-refractivity contribution in [3.05, 3.63) is 162 Å². The largest absolute Gasteiger partial charge is 0.506 e. The van der Waals surface area contributed by atoms with Crippen LogP contribution in [-0.4, -0.2) is 50.5 Å². The third-order valence-electron chi connectivity index (χ3n) is 9.08. The van der Waals surface area contributed by atoms with Gasteiger partial charge >= 0.3 is 0 Å². The second-order valence-electron chi connectivity index (χ2n) is 14.5. The molecule has 13 nitrogen and oxygen atoms in total. The number of oxazole rings is 1. The number of anilines is 4. The summed E-state index contributed by atoms with van der Waals surface area (Å²) in [6.45, 7) is 59.7. The SMILES string of the molecule is CC.CC.CC.CC.CC.CC.CC.CC.CC.CC.CC.CC.CCC=O.CCC=O.CCC=O.CCc1nc2ccccc2n1C.CCc1nc2ccccc2o1.CCc1nc2ccccc2s1.CNc1ccccc1N.Nc1ccccc1O.Nc1ccccc1S. The molecular weight excluding hydrogens is 1220 g/mol. The minimum absolute atomic E-state index is 0.146. The number of phenolic OH excluding ortho intramolecular Hbond substituents is 1. The smallest absolute Gasteiger partial charge is 0.195 e. The molecule has 0 amide bonds. The predicted octanol–water partition coefficient (Wildman–Crippen LogP) is 25.3. The van der Waals surface area contributed by atoms with Crippen molar-refractivity contribution in [2.75, 3.05) is 29.6 Å². The number of phenols is 1. The van der Waals surface area contributed by atoms with Gasteiger partial charge in [0, 0.05) is 56.8 Å². The Kier molecular flexibility index (Phi) is 121. The van der Waals surface area contributed by atoms with Crippen LogP contribution < -0.4 is 22.5 Å². The van der Waals surface area contributed by atoms with Crippen LogP contribution in [-0.2, 0) is 40.7 Å². The summed E-state index contributed by atoms with van der Waals surface area (Å²) < 4.78 is 8.85. The second-order valence-corrected chi connectivity index (χ2v) is 16.1. The van der Waals surface area contributed by atoms with Crippen molar-refractivity contribution < 1.29 is 23.9 Å². The fraction of sp³-hybridized carbons (Fsp3) is 0.475. The van der Waals surface area contributed by atoms with Crippen LogP contribution in [0.4, 0.5) is 22.7 Å². The third kappa shape index (κ3) is 65.0. The molecule has 0 saturated heterocycles. The maximum absolute atomic E-state index is 9.17. The number of carbonyl (C=O) groups is 3. The summed E-state index contributed by atoms with van der Waals surface area (Å²) >= 11 is 5.86. The quantitative estimate of drug-likeness (QED) is 0.0380. The highest BCUT2D eigenvalue weighted by Gasteiger charge is 2.04. The number of fused-ring (bicyclic) bond motifs is 3. The number of aryl methyl sites for hydroxylation is 4. The first-order valence-corrected chi connectivity index (χ1v) is 36.6. The number of nitrogen functional groups attached to an aromatic ring is 3. The summed E-state index contributed by atoms with van der Waals surface area (Å²) in [7, 11) is 3.92.